The van der Waals surface area contributed by atoms with Crippen LogP contribution >= 0.6 is 0 Å². The van der Waals surface area contributed by atoms with Crippen molar-refractivity contribution in [2.75, 3.05) is 42.6 Å². The first-order chi connectivity index (χ1) is 18.7. The summed E-state index contributed by atoms with van der Waals surface area (Å²) < 4.78 is 37.6. The van der Waals surface area contributed by atoms with Crippen molar-refractivity contribution >= 4 is 28.2 Å². The van der Waals surface area contributed by atoms with Crippen molar-refractivity contribution in [3.8, 4) is 11.1 Å². The number of halogens is 2. The molecule has 4 aromatic rings. The molecule has 202 valence electrons. The minimum atomic E-state index is -2.64. The molecule has 0 N–H and O–H groups in total. The Balaban J connectivity index is 1.40. The molecule has 0 radical (unpaired) electrons. The largest absolute Gasteiger partial charge is 0.380 e. The second-order valence-corrected chi connectivity index (χ2v) is 11.3. The number of nitrogens with zero attached hydrogens (tertiary/aromatic N) is 6. The van der Waals surface area contributed by atoms with E-state index < -0.39 is 6.43 Å². The topological polar surface area (TPSA) is 68.4 Å². The van der Waals surface area contributed by atoms with Crippen LogP contribution in [0, 0.1) is 12.3 Å². The Bertz CT molecular complexity index is 1680. The first-order valence-electron chi connectivity index (χ1n) is 13.3. The van der Waals surface area contributed by atoms with Crippen molar-refractivity contribution in [3.63, 3.8) is 0 Å². The maximum Gasteiger partial charge on any atom is 0.264 e. The maximum atomic E-state index is 14.4. The van der Waals surface area contributed by atoms with E-state index in [1.54, 1.807) is 48.7 Å². The predicted octanol–water partition coefficient (Wildman–Crippen LogP) is 4.50. The quantitative estimate of drug-likeness (QED) is 0.386. The predicted molar refractivity (Wildman–Crippen MR) is 146 cm³/mol. The third kappa shape index (κ3) is 3.76. The van der Waals surface area contributed by atoms with Crippen LogP contribution in [0.4, 0.5) is 26.1 Å². The van der Waals surface area contributed by atoms with Gasteiger partial charge in [0.25, 0.3) is 12.0 Å². The van der Waals surface area contributed by atoms with Crippen LogP contribution in [-0.2, 0) is 25.3 Å². The summed E-state index contributed by atoms with van der Waals surface area (Å²) in [6.45, 7) is 5.67. The summed E-state index contributed by atoms with van der Waals surface area (Å²) in [5, 5.41) is 5.03. The maximum absolute atomic E-state index is 14.4. The monoisotopic (exact) mass is 532 g/mol. The molecule has 0 amide bonds. The van der Waals surface area contributed by atoms with Gasteiger partial charge >= 0.3 is 0 Å². The van der Waals surface area contributed by atoms with Crippen LogP contribution in [0.5, 0.6) is 0 Å². The molecule has 3 aliphatic rings. The number of hydrogen-bond donors (Lipinski definition) is 0. The first-order valence-corrected chi connectivity index (χ1v) is 13.3. The lowest BCUT2D eigenvalue weighted by Gasteiger charge is -2.55. The van der Waals surface area contributed by atoms with E-state index in [1.807, 2.05) is 18.2 Å². The second-order valence-electron chi connectivity index (χ2n) is 11.3. The van der Waals surface area contributed by atoms with Gasteiger partial charge in [-0.1, -0.05) is 0 Å². The summed E-state index contributed by atoms with van der Waals surface area (Å²) in [7, 11) is 3.56. The van der Waals surface area contributed by atoms with Crippen molar-refractivity contribution < 1.29 is 13.5 Å². The molecule has 6 heterocycles. The number of aromatic nitrogens is 4. The number of ether oxygens (including phenoxy) is 1. The van der Waals surface area contributed by atoms with E-state index in [-0.39, 0.29) is 16.5 Å². The number of alkyl halides is 2. The fraction of sp³-hybridized carbons (Fsp3) is 0.414. The van der Waals surface area contributed by atoms with Crippen molar-refractivity contribution in [1.82, 2.24) is 19.3 Å². The molecular weight excluding hydrogens is 502 g/mol. The van der Waals surface area contributed by atoms with E-state index in [2.05, 4.69) is 14.9 Å². The molecule has 2 fully saturated rings. The first kappa shape index (κ1) is 24.3. The molecule has 0 unspecified atom stereocenters. The average molecular weight is 533 g/mol. The van der Waals surface area contributed by atoms with Gasteiger partial charge in [0.1, 0.15) is 11.6 Å². The van der Waals surface area contributed by atoms with Crippen LogP contribution in [-0.4, -0.2) is 52.2 Å². The minimum Gasteiger partial charge on any atom is -0.380 e. The Labute approximate surface area is 224 Å². The number of benzene rings is 1. The lowest BCUT2D eigenvalue weighted by atomic mass is 9.78. The van der Waals surface area contributed by atoms with Crippen molar-refractivity contribution in [2.45, 2.75) is 26.2 Å². The van der Waals surface area contributed by atoms with Crippen LogP contribution in [0.15, 0.2) is 41.5 Å². The number of fused-ring (bicyclic) bond motifs is 2. The van der Waals surface area contributed by atoms with E-state index in [4.69, 9.17) is 9.72 Å². The molecule has 7 rings (SSSR count). The van der Waals surface area contributed by atoms with Crippen molar-refractivity contribution in [3.05, 3.63) is 63.7 Å². The zero-order chi connectivity index (χ0) is 27.1. The highest BCUT2D eigenvalue weighted by Crippen LogP contribution is 2.45. The average Bonchev–Trinajstić information content (AvgIpc) is 3.30. The van der Waals surface area contributed by atoms with Gasteiger partial charge in [-0.3, -0.25) is 9.48 Å². The Morgan fingerprint density at radius 2 is 1.90 bits per heavy atom. The van der Waals surface area contributed by atoms with Gasteiger partial charge in [-0.2, -0.15) is 5.10 Å². The van der Waals surface area contributed by atoms with Gasteiger partial charge in [-0.05, 0) is 49.1 Å². The van der Waals surface area contributed by atoms with Crippen molar-refractivity contribution in [1.29, 1.82) is 0 Å². The summed E-state index contributed by atoms with van der Waals surface area (Å²) in [6.07, 6.45) is 2.39. The molecule has 39 heavy (non-hydrogen) atoms. The highest BCUT2D eigenvalue weighted by Gasteiger charge is 2.49. The molecule has 3 aromatic heterocycles. The van der Waals surface area contributed by atoms with E-state index in [0.29, 0.717) is 29.1 Å². The molecule has 2 saturated heterocycles. The Morgan fingerprint density at radius 1 is 1.10 bits per heavy atom. The Hall–Kier alpha value is -3.79. The fourth-order valence-corrected chi connectivity index (χ4v) is 6.31. The van der Waals surface area contributed by atoms with E-state index in [1.165, 1.54) is 0 Å². The van der Waals surface area contributed by atoms with Gasteiger partial charge in [0.2, 0.25) is 0 Å². The molecular formula is C29H30F2N6O2. The summed E-state index contributed by atoms with van der Waals surface area (Å²) >= 11 is 0. The number of rotatable bonds is 4. The minimum absolute atomic E-state index is 0.0210. The van der Waals surface area contributed by atoms with Crippen molar-refractivity contribution in [2.24, 2.45) is 19.5 Å². The molecule has 0 atom stereocenters. The van der Waals surface area contributed by atoms with Crippen LogP contribution in [0.25, 0.3) is 22.0 Å². The van der Waals surface area contributed by atoms with Gasteiger partial charge in [0.15, 0.2) is 0 Å². The molecule has 0 bridgehead atoms. The number of hydrogen-bond acceptors (Lipinski definition) is 6. The summed E-state index contributed by atoms with van der Waals surface area (Å²) in [4.78, 5) is 22.3. The smallest absolute Gasteiger partial charge is 0.264 e. The summed E-state index contributed by atoms with van der Waals surface area (Å²) in [5.74, 6) is 1.49. The molecule has 0 aliphatic carbocycles. The third-order valence-electron chi connectivity index (χ3n) is 8.44. The highest BCUT2D eigenvalue weighted by molar-refractivity contribution is 5.95. The molecule has 3 aliphatic heterocycles. The lowest BCUT2D eigenvalue weighted by molar-refractivity contribution is -0.127. The molecule has 1 spiro atoms. The second kappa shape index (κ2) is 8.61. The van der Waals surface area contributed by atoms with Gasteiger partial charge < -0.3 is 19.1 Å². The normalized spacial score (nSPS) is 18.0. The van der Waals surface area contributed by atoms with E-state index >= 15 is 0 Å². The van der Waals surface area contributed by atoms with Crippen LogP contribution in [0.3, 0.4) is 0 Å². The van der Waals surface area contributed by atoms with Gasteiger partial charge in [-0.25, -0.2) is 13.8 Å². The molecule has 0 saturated carbocycles. The van der Waals surface area contributed by atoms with Gasteiger partial charge in [0.05, 0.1) is 30.3 Å². The van der Waals surface area contributed by atoms with Crippen LogP contribution in [0.2, 0.25) is 0 Å². The van der Waals surface area contributed by atoms with Gasteiger partial charge in [-0.15, -0.1) is 0 Å². The zero-order valence-electron chi connectivity index (χ0n) is 22.2. The standard InChI is InChI=1S/C29H30F2N6O2/c1-17-7-22-24(35(3)28(17)38)10-25(36-13-29(14-36)15-39-16-29)33-27(22)37-6-4-5-18-8-20(19-11-32-34(2)12-19)21(26(30)31)9-23(18)37/h7-12,26H,4-6,13-16H2,1-3H3. The van der Waals surface area contributed by atoms with Crippen LogP contribution in [0.1, 0.15) is 29.5 Å². The van der Waals surface area contributed by atoms with Crippen LogP contribution < -0.4 is 15.4 Å². The summed E-state index contributed by atoms with van der Waals surface area (Å²) in [6, 6.07) is 7.38. The number of anilines is 3. The van der Waals surface area contributed by atoms with Gasteiger partial charge in [0, 0.05) is 73.8 Å². The Morgan fingerprint density at radius 3 is 2.56 bits per heavy atom. The molecule has 10 heteroatoms. The molecule has 8 nitrogen and oxygen atoms in total. The summed E-state index contributed by atoms with van der Waals surface area (Å²) in [5.41, 5.74) is 4.45. The molecule has 1 aromatic carbocycles. The Kier molecular flexibility index (Phi) is 5.35. The number of pyridine rings is 2. The van der Waals surface area contributed by atoms with E-state index in [0.717, 1.165) is 67.1 Å². The fourth-order valence-electron chi connectivity index (χ4n) is 6.31. The third-order valence-corrected chi connectivity index (χ3v) is 8.44. The number of aryl methyl sites for hydroxylation is 4. The van der Waals surface area contributed by atoms with E-state index in [9.17, 15) is 13.6 Å². The SMILES string of the molecule is Cc1cc2c(N3CCCc4cc(-c5cnn(C)c5)c(C(F)F)cc43)nc(N3CC4(COC4)C3)cc2n(C)c1=O. The lowest BCUT2D eigenvalue weighted by Crippen LogP contribution is -2.66. The highest BCUT2D eigenvalue weighted by atomic mass is 19.3. The zero-order valence-corrected chi connectivity index (χ0v) is 22.2.